The van der Waals surface area contributed by atoms with E-state index in [0.717, 1.165) is 36.2 Å². The third kappa shape index (κ3) is 5.57. The van der Waals surface area contributed by atoms with Crippen LogP contribution < -0.4 is 0 Å². The maximum Gasteiger partial charge on any atom is 0.310 e. The highest BCUT2D eigenvalue weighted by Gasteiger charge is 2.35. The predicted molar refractivity (Wildman–Crippen MR) is 129 cm³/mol. The zero-order valence-electron chi connectivity index (χ0n) is 18.5. The van der Waals surface area contributed by atoms with Crippen molar-refractivity contribution >= 4 is 40.8 Å². The molecule has 2 aromatic rings. The van der Waals surface area contributed by atoms with E-state index in [-0.39, 0.29) is 30.4 Å². The van der Waals surface area contributed by atoms with Gasteiger partial charge in [0.1, 0.15) is 0 Å². The van der Waals surface area contributed by atoms with Gasteiger partial charge in [0.15, 0.2) is 0 Å². The molecular weight excluding hydrogens is 461 g/mol. The zero-order chi connectivity index (χ0) is 23.4. The number of hydrogen-bond donors (Lipinski definition) is 0. The fraction of sp³-hybridized carbons (Fsp3) is 0.400. The first-order chi connectivity index (χ1) is 16.0. The largest absolute Gasteiger partial charge is 0.466 e. The van der Waals surface area contributed by atoms with Gasteiger partial charge in [-0.25, -0.2) is 5.01 Å². The molecule has 4 rings (SSSR count). The molecule has 33 heavy (non-hydrogen) atoms. The number of amides is 1. The standard InChI is InChI=1S/C25H27Cl2N3O3/c1-2-33-25(32)18-6-5-13-29(15-18)16-24(31)30-23(17-9-11-19(26)12-10-17)14-22(28-30)20-7-3-4-8-21(20)27/h3-4,7-12,18,23H,2,5-6,13-16H2,1H3/t18-,23-/m0/s1. The molecule has 0 saturated carbocycles. The number of esters is 1. The zero-order valence-corrected chi connectivity index (χ0v) is 20.1. The van der Waals surface area contributed by atoms with E-state index in [2.05, 4.69) is 0 Å². The lowest BCUT2D eigenvalue weighted by Crippen LogP contribution is -2.44. The lowest BCUT2D eigenvalue weighted by Gasteiger charge is -2.32. The molecule has 1 amide bonds. The molecule has 2 atom stereocenters. The second-order valence-electron chi connectivity index (χ2n) is 8.36. The number of carbonyl (C=O) groups is 2. The van der Waals surface area contributed by atoms with Gasteiger partial charge in [-0.2, -0.15) is 5.10 Å². The van der Waals surface area contributed by atoms with Crippen LogP contribution in [0, 0.1) is 5.92 Å². The minimum Gasteiger partial charge on any atom is -0.466 e. The Kier molecular flexibility index (Phi) is 7.68. The van der Waals surface area contributed by atoms with Gasteiger partial charge in [-0.15, -0.1) is 0 Å². The number of halogens is 2. The van der Waals surface area contributed by atoms with Crippen LogP contribution in [-0.2, 0) is 14.3 Å². The van der Waals surface area contributed by atoms with Crippen LogP contribution in [0.2, 0.25) is 10.0 Å². The Morgan fingerprint density at radius 3 is 2.61 bits per heavy atom. The molecule has 0 radical (unpaired) electrons. The van der Waals surface area contributed by atoms with Crippen LogP contribution >= 0.6 is 23.2 Å². The van der Waals surface area contributed by atoms with E-state index in [1.165, 1.54) is 0 Å². The molecule has 6 nitrogen and oxygen atoms in total. The molecule has 2 aliphatic heterocycles. The number of hydrazone groups is 1. The highest BCUT2D eigenvalue weighted by atomic mass is 35.5. The molecule has 2 aliphatic rings. The van der Waals surface area contributed by atoms with Gasteiger partial charge in [0.25, 0.3) is 5.91 Å². The number of carbonyl (C=O) groups excluding carboxylic acids is 2. The molecule has 2 aromatic carbocycles. The van der Waals surface area contributed by atoms with Crippen molar-refractivity contribution in [3.63, 3.8) is 0 Å². The number of hydrogen-bond acceptors (Lipinski definition) is 5. The van der Waals surface area contributed by atoms with Gasteiger partial charge >= 0.3 is 5.97 Å². The third-order valence-electron chi connectivity index (χ3n) is 6.09. The fourth-order valence-electron chi connectivity index (χ4n) is 4.46. The van der Waals surface area contributed by atoms with Gasteiger partial charge < -0.3 is 4.74 Å². The van der Waals surface area contributed by atoms with E-state index in [4.69, 9.17) is 33.0 Å². The Bertz CT molecular complexity index is 1040. The smallest absolute Gasteiger partial charge is 0.310 e. The molecule has 0 unspecified atom stereocenters. The maximum absolute atomic E-state index is 13.4. The topological polar surface area (TPSA) is 62.2 Å². The molecule has 1 saturated heterocycles. The molecule has 174 valence electrons. The summed E-state index contributed by atoms with van der Waals surface area (Å²) < 4.78 is 5.19. The Balaban J connectivity index is 1.55. The van der Waals surface area contributed by atoms with Gasteiger partial charge in [0, 0.05) is 28.6 Å². The van der Waals surface area contributed by atoms with Crippen molar-refractivity contribution in [2.45, 2.75) is 32.2 Å². The molecule has 0 aliphatic carbocycles. The van der Waals surface area contributed by atoms with Gasteiger partial charge in [0.05, 0.1) is 30.8 Å². The molecule has 0 N–H and O–H groups in total. The van der Waals surface area contributed by atoms with Crippen LogP contribution in [0.15, 0.2) is 53.6 Å². The Hall–Kier alpha value is -2.41. The minimum atomic E-state index is -0.244. The van der Waals surface area contributed by atoms with E-state index in [0.29, 0.717) is 29.6 Å². The van der Waals surface area contributed by atoms with E-state index in [9.17, 15) is 9.59 Å². The molecule has 0 bridgehead atoms. The number of nitrogens with zero attached hydrogens (tertiary/aromatic N) is 3. The fourth-order valence-corrected chi connectivity index (χ4v) is 4.83. The number of benzene rings is 2. The summed E-state index contributed by atoms with van der Waals surface area (Å²) in [5.41, 5.74) is 2.56. The van der Waals surface area contributed by atoms with Crippen LogP contribution in [0.25, 0.3) is 0 Å². The van der Waals surface area contributed by atoms with E-state index >= 15 is 0 Å². The van der Waals surface area contributed by atoms with Crippen molar-refractivity contribution in [2.24, 2.45) is 11.0 Å². The van der Waals surface area contributed by atoms with Crippen LogP contribution in [0.3, 0.4) is 0 Å². The number of piperidine rings is 1. The molecular formula is C25H27Cl2N3O3. The molecule has 8 heteroatoms. The van der Waals surface area contributed by atoms with Gasteiger partial charge in [-0.3, -0.25) is 14.5 Å². The summed E-state index contributed by atoms with van der Waals surface area (Å²) in [6, 6.07) is 14.8. The van der Waals surface area contributed by atoms with Crippen LogP contribution in [0.4, 0.5) is 0 Å². The summed E-state index contributed by atoms with van der Waals surface area (Å²) in [7, 11) is 0. The Morgan fingerprint density at radius 2 is 1.88 bits per heavy atom. The summed E-state index contributed by atoms with van der Waals surface area (Å²) >= 11 is 12.5. The first-order valence-corrected chi connectivity index (χ1v) is 12.0. The van der Waals surface area contributed by atoms with Crippen molar-refractivity contribution < 1.29 is 14.3 Å². The van der Waals surface area contributed by atoms with Gasteiger partial charge in [-0.1, -0.05) is 53.5 Å². The Morgan fingerprint density at radius 1 is 1.12 bits per heavy atom. The van der Waals surface area contributed by atoms with E-state index in [1.807, 2.05) is 53.4 Å². The highest BCUT2D eigenvalue weighted by molar-refractivity contribution is 6.34. The lowest BCUT2D eigenvalue weighted by atomic mass is 9.97. The Labute approximate surface area is 204 Å². The van der Waals surface area contributed by atoms with Crippen molar-refractivity contribution in [3.05, 3.63) is 69.7 Å². The first kappa shape index (κ1) is 23.7. The number of rotatable bonds is 6. The van der Waals surface area contributed by atoms with Crippen molar-refractivity contribution in [3.8, 4) is 0 Å². The van der Waals surface area contributed by atoms with Crippen LogP contribution in [0.5, 0.6) is 0 Å². The van der Waals surface area contributed by atoms with E-state index in [1.54, 1.807) is 11.9 Å². The third-order valence-corrected chi connectivity index (χ3v) is 6.67. The summed E-state index contributed by atoms with van der Waals surface area (Å²) in [5.74, 6) is -0.491. The van der Waals surface area contributed by atoms with Gasteiger partial charge in [0.2, 0.25) is 0 Å². The second-order valence-corrected chi connectivity index (χ2v) is 9.21. The molecule has 0 spiro atoms. The predicted octanol–water partition coefficient (Wildman–Crippen LogP) is 4.95. The van der Waals surface area contributed by atoms with Crippen molar-refractivity contribution in [2.75, 3.05) is 26.2 Å². The quantitative estimate of drug-likeness (QED) is 0.540. The molecule has 0 aromatic heterocycles. The van der Waals surface area contributed by atoms with Crippen molar-refractivity contribution in [1.82, 2.24) is 9.91 Å². The summed E-state index contributed by atoms with van der Waals surface area (Å²) in [5, 5.41) is 7.52. The van der Waals surface area contributed by atoms with Crippen molar-refractivity contribution in [1.29, 1.82) is 0 Å². The average molecular weight is 488 g/mol. The SMILES string of the molecule is CCOC(=O)[C@H]1CCCN(CC(=O)N2N=C(c3ccccc3Cl)C[C@H]2c2ccc(Cl)cc2)C1. The lowest BCUT2D eigenvalue weighted by molar-refractivity contribution is -0.150. The maximum atomic E-state index is 13.4. The normalized spacial score (nSPS) is 21.1. The van der Waals surface area contributed by atoms with E-state index < -0.39 is 0 Å². The number of likely N-dealkylation sites (tertiary alicyclic amines) is 1. The number of ether oxygens (including phenoxy) is 1. The minimum absolute atomic E-state index is 0.110. The van der Waals surface area contributed by atoms with Crippen LogP contribution in [0.1, 0.15) is 43.4 Å². The molecule has 1 fully saturated rings. The highest BCUT2D eigenvalue weighted by Crippen LogP contribution is 2.35. The first-order valence-electron chi connectivity index (χ1n) is 11.2. The monoisotopic (exact) mass is 487 g/mol. The average Bonchev–Trinajstić information content (AvgIpc) is 3.25. The van der Waals surface area contributed by atoms with Gasteiger partial charge in [-0.05, 0) is 50.1 Å². The summed E-state index contributed by atoms with van der Waals surface area (Å²) in [6.45, 7) is 3.65. The second kappa shape index (κ2) is 10.7. The summed E-state index contributed by atoms with van der Waals surface area (Å²) in [6.07, 6.45) is 2.20. The molecule has 2 heterocycles. The summed E-state index contributed by atoms with van der Waals surface area (Å²) in [4.78, 5) is 27.6. The van der Waals surface area contributed by atoms with Crippen LogP contribution in [-0.4, -0.2) is 53.7 Å².